The summed E-state index contributed by atoms with van der Waals surface area (Å²) in [5.74, 6) is 0. The molecule has 0 unspecified atom stereocenters. The highest BCUT2D eigenvalue weighted by molar-refractivity contribution is 6.30. The fourth-order valence-corrected chi connectivity index (χ4v) is 3.90. The van der Waals surface area contributed by atoms with Crippen LogP contribution in [0.2, 0.25) is 5.02 Å². The number of hydrogen-bond acceptors (Lipinski definition) is 2. The van der Waals surface area contributed by atoms with E-state index in [0.717, 1.165) is 18.1 Å². The summed E-state index contributed by atoms with van der Waals surface area (Å²) in [5, 5.41) is 4.32. The molecular formula is C16H23ClN2. The molecule has 1 aromatic rings. The lowest BCUT2D eigenvalue weighted by atomic mass is 9.78. The van der Waals surface area contributed by atoms with Gasteiger partial charge in [0.1, 0.15) is 0 Å². The molecule has 2 aliphatic rings. The highest BCUT2D eigenvalue weighted by Gasteiger charge is 2.37. The van der Waals surface area contributed by atoms with Crippen molar-refractivity contribution >= 4 is 11.6 Å². The molecule has 0 atom stereocenters. The first-order valence-electron chi connectivity index (χ1n) is 7.48. The molecule has 0 radical (unpaired) electrons. The number of piperazine rings is 1. The third kappa shape index (κ3) is 2.96. The van der Waals surface area contributed by atoms with E-state index in [9.17, 15) is 0 Å². The first-order chi connectivity index (χ1) is 9.28. The van der Waals surface area contributed by atoms with Crippen molar-refractivity contribution in [3.05, 3.63) is 34.9 Å². The Hall–Kier alpha value is -0.570. The summed E-state index contributed by atoms with van der Waals surface area (Å²) in [5.41, 5.74) is 1.80. The minimum atomic E-state index is 0.349. The first kappa shape index (κ1) is 13.4. The molecule has 104 valence electrons. The fourth-order valence-electron chi connectivity index (χ4n) is 3.71. The van der Waals surface area contributed by atoms with Crippen molar-refractivity contribution in [3.63, 3.8) is 0 Å². The van der Waals surface area contributed by atoms with E-state index in [1.165, 1.54) is 50.9 Å². The number of nitrogens with zero attached hydrogens (tertiary/aromatic N) is 1. The molecule has 1 N–H and O–H groups in total. The molecule has 0 spiro atoms. The van der Waals surface area contributed by atoms with E-state index < -0.39 is 0 Å². The Kier molecular flexibility index (Phi) is 4.11. The van der Waals surface area contributed by atoms with Gasteiger partial charge >= 0.3 is 0 Å². The van der Waals surface area contributed by atoms with E-state index in [2.05, 4.69) is 28.4 Å². The topological polar surface area (TPSA) is 15.3 Å². The second-order valence-corrected chi connectivity index (χ2v) is 6.46. The summed E-state index contributed by atoms with van der Waals surface area (Å²) in [6.45, 7) is 5.83. The maximum Gasteiger partial charge on any atom is 0.0408 e. The standard InChI is InChI=1S/C16H23ClN2/c17-15-5-3-4-14(12-15)16(6-1-2-7-16)13-19-10-8-18-9-11-19/h3-5,12,18H,1-2,6-11,13H2. The predicted octanol–water partition coefficient (Wildman–Crippen LogP) is 3.06. The van der Waals surface area contributed by atoms with Crippen LogP contribution in [0.5, 0.6) is 0 Å². The zero-order valence-electron chi connectivity index (χ0n) is 11.5. The maximum absolute atomic E-state index is 6.20. The van der Waals surface area contributed by atoms with E-state index in [-0.39, 0.29) is 0 Å². The molecule has 1 aliphatic heterocycles. The molecule has 1 aliphatic carbocycles. The lowest BCUT2D eigenvalue weighted by Gasteiger charge is -2.38. The number of hydrogen-bond donors (Lipinski definition) is 1. The van der Waals surface area contributed by atoms with Gasteiger partial charge in [0, 0.05) is 43.2 Å². The Balaban J connectivity index is 1.82. The monoisotopic (exact) mass is 278 g/mol. The van der Waals surface area contributed by atoms with Crippen molar-refractivity contribution in [2.24, 2.45) is 0 Å². The lowest BCUT2D eigenvalue weighted by molar-refractivity contribution is 0.185. The molecule has 0 aromatic heterocycles. The van der Waals surface area contributed by atoms with Gasteiger partial charge in [0.15, 0.2) is 0 Å². The summed E-state index contributed by atoms with van der Waals surface area (Å²) < 4.78 is 0. The highest BCUT2D eigenvalue weighted by Crippen LogP contribution is 2.42. The Labute approximate surface area is 121 Å². The van der Waals surface area contributed by atoms with Gasteiger partial charge in [-0.15, -0.1) is 0 Å². The summed E-state index contributed by atoms with van der Waals surface area (Å²) in [6, 6.07) is 8.56. The molecule has 3 heteroatoms. The van der Waals surface area contributed by atoms with Crippen LogP contribution < -0.4 is 5.32 Å². The number of benzene rings is 1. The van der Waals surface area contributed by atoms with Crippen LogP contribution in [0.3, 0.4) is 0 Å². The molecule has 0 bridgehead atoms. The molecule has 2 nitrogen and oxygen atoms in total. The molecule has 1 saturated heterocycles. The van der Waals surface area contributed by atoms with Gasteiger partial charge in [-0.2, -0.15) is 0 Å². The van der Waals surface area contributed by atoms with E-state index in [1.54, 1.807) is 0 Å². The van der Waals surface area contributed by atoms with Crippen LogP contribution in [0.25, 0.3) is 0 Å². The highest BCUT2D eigenvalue weighted by atomic mass is 35.5. The van der Waals surface area contributed by atoms with E-state index in [4.69, 9.17) is 11.6 Å². The lowest BCUT2D eigenvalue weighted by Crippen LogP contribution is -2.48. The summed E-state index contributed by atoms with van der Waals surface area (Å²) in [7, 11) is 0. The number of halogens is 1. The quantitative estimate of drug-likeness (QED) is 0.914. The molecule has 19 heavy (non-hydrogen) atoms. The third-order valence-corrected chi connectivity index (χ3v) is 4.97. The van der Waals surface area contributed by atoms with Crippen molar-refractivity contribution in [1.82, 2.24) is 10.2 Å². The van der Waals surface area contributed by atoms with E-state index >= 15 is 0 Å². The van der Waals surface area contributed by atoms with Gasteiger partial charge in [0.2, 0.25) is 0 Å². The number of rotatable bonds is 3. The minimum Gasteiger partial charge on any atom is -0.314 e. The van der Waals surface area contributed by atoms with Crippen molar-refractivity contribution in [1.29, 1.82) is 0 Å². The van der Waals surface area contributed by atoms with Gasteiger partial charge in [-0.3, -0.25) is 4.90 Å². The average Bonchev–Trinajstić information content (AvgIpc) is 2.90. The maximum atomic E-state index is 6.20. The van der Waals surface area contributed by atoms with Crippen molar-refractivity contribution in [3.8, 4) is 0 Å². The van der Waals surface area contributed by atoms with Crippen LogP contribution in [0.4, 0.5) is 0 Å². The zero-order valence-corrected chi connectivity index (χ0v) is 12.3. The first-order valence-corrected chi connectivity index (χ1v) is 7.85. The van der Waals surface area contributed by atoms with Gasteiger partial charge in [0.05, 0.1) is 0 Å². The molecule has 3 rings (SSSR count). The minimum absolute atomic E-state index is 0.349. The average molecular weight is 279 g/mol. The molecule has 2 fully saturated rings. The molecule has 1 heterocycles. The SMILES string of the molecule is Clc1cccc(C2(CN3CCNCC3)CCCC2)c1. The normalized spacial score (nSPS) is 23.6. The van der Waals surface area contributed by atoms with Gasteiger partial charge in [0.25, 0.3) is 0 Å². The van der Waals surface area contributed by atoms with Crippen molar-refractivity contribution < 1.29 is 0 Å². The summed E-state index contributed by atoms with van der Waals surface area (Å²) in [6.07, 6.45) is 5.35. The predicted molar refractivity (Wildman–Crippen MR) is 80.9 cm³/mol. The summed E-state index contributed by atoms with van der Waals surface area (Å²) in [4.78, 5) is 2.63. The second kappa shape index (κ2) is 5.82. The van der Waals surface area contributed by atoms with E-state index in [1.807, 2.05) is 6.07 Å². The molecule has 1 aromatic carbocycles. The third-order valence-electron chi connectivity index (χ3n) is 4.73. The van der Waals surface area contributed by atoms with Crippen LogP contribution in [-0.4, -0.2) is 37.6 Å². The van der Waals surface area contributed by atoms with Crippen LogP contribution >= 0.6 is 11.6 Å². The van der Waals surface area contributed by atoms with Crippen molar-refractivity contribution in [2.75, 3.05) is 32.7 Å². The van der Waals surface area contributed by atoms with E-state index in [0.29, 0.717) is 5.41 Å². The molecular weight excluding hydrogens is 256 g/mol. The van der Waals surface area contributed by atoms with Gasteiger partial charge in [-0.25, -0.2) is 0 Å². The van der Waals surface area contributed by atoms with Crippen molar-refractivity contribution in [2.45, 2.75) is 31.1 Å². The van der Waals surface area contributed by atoms with Crippen LogP contribution in [0.15, 0.2) is 24.3 Å². The molecule has 1 saturated carbocycles. The Bertz CT molecular complexity index is 421. The van der Waals surface area contributed by atoms with Gasteiger partial charge in [-0.1, -0.05) is 36.6 Å². The molecule has 0 amide bonds. The van der Waals surface area contributed by atoms with Crippen LogP contribution in [-0.2, 0) is 5.41 Å². The van der Waals surface area contributed by atoms with Crippen LogP contribution in [0, 0.1) is 0 Å². The second-order valence-electron chi connectivity index (χ2n) is 6.02. The summed E-state index contributed by atoms with van der Waals surface area (Å²) >= 11 is 6.20. The fraction of sp³-hybridized carbons (Fsp3) is 0.625. The Morgan fingerprint density at radius 1 is 1.16 bits per heavy atom. The largest absolute Gasteiger partial charge is 0.314 e. The zero-order chi connectivity index (χ0) is 13.1. The van der Waals surface area contributed by atoms with Crippen LogP contribution in [0.1, 0.15) is 31.2 Å². The number of nitrogens with one attached hydrogen (secondary N) is 1. The van der Waals surface area contributed by atoms with Gasteiger partial charge in [-0.05, 0) is 30.5 Å². The smallest absolute Gasteiger partial charge is 0.0408 e. The Morgan fingerprint density at radius 3 is 2.58 bits per heavy atom. The Morgan fingerprint density at radius 2 is 1.89 bits per heavy atom. The van der Waals surface area contributed by atoms with Gasteiger partial charge < -0.3 is 5.32 Å².